The fraction of sp³-hybridized carbons (Fsp3) is 0.480. The van der Waals surface area contributed by atoms with Gasteiger partial charge in [0.1, 0.15) is 20.4 Å². The first-order chi connectivity index (χ1) is 17.7. The highest BCUT2D eigenvalue weighted by atomic mass is 35.5. The van der Waals surface area contributed by atoms with Crippen molar-refractivity contribution in [2.45, 2.75) is 42.9 Å². The van der Waals surface area contributed by atoms with E-state index in [1.807, 2.05) is 7.05 Å². The molecule has 0 spiro atoms. The SMILES string of the molecule is CN1CCN(S(=O)(=O)c2ccc(C(CC3CCCC3)C(=O)Nc3nc4ccc(Cl)nc4s3)cc2Cl)CC1. The second-order valence-electron chi connectivity index (χ2n) is 9.80. The molecule has 1 amide bonds. The van der Waals surface area contributed by atoms with Gasteiger partial charge >= 0.3 is 0 Å². The van der Waals surface area contributed by atoms with Crippen LogP contribution in [0.5, 0.6) is 0 Å². The number of thiazole rings is 1. The zero-order chi connectivity index (χ0) is 26.2. The van der Waals surface area contributed by atoms with Crippen molar-refractivity contribution in [3.63, 3.8) is 0 Å². The van der Waals surface area contributed by atoms with Gasteiger partial charge in [-0.1, -0.05) is 66.3 Å². The van der Waals surface area contributed by atoms with Crippen molar-refractivity contribution in [2.75, 3.05) is 38.5 Å². The van der Waals surface area contributed by atoms with Crippen LogP contribution in [0.3, 0.4) is 0 Å². The van der Waals surface area contributed by atoms with Crippen LogP contribution in [0.4, 0.5) is 5.13 Å². The summed E-state index contributed by atoms with van der Waals surface area (Å²) in [5.74, 6) is -0.244. The van der Waals surface area contributed by atoms with Gasteiger partial charge in [-0.2, -0.15) is 4.31 Å². The zero-order valence-electron chi connectivity index (χ0n) is 20.5. The molecule has 198 valence electrons. The topological polar surface area (TPSA) is 95.5 Å². The lowest BCUT2D eigenvalue weighted by molar-refractivity contribution is -0.118. The molecule has 12 heteroatoms. The van der Waals surface area contributed by atoms with Gasteiger partial charge in [-0.3, -0.25) is 4.79 Å². The molecule has 0 radical (unpaired) electrons. The highest BCUT2D eigenvalue weighted by Gasteiger charge is 2.32. The van der Waals surface area contributed by atoms with Gasteiger partial charge in [0.05, 0.1) is 10.9 Å². The molecule has 1 aliphatic carbocycles. The summed E-state index contributed by atoms with van der Waals surface area (Å²) in [6.07, 6.45) is 5.15. The number of rotatable bonds is 7. The lowest BCUT2D eigenvalue weighted by atomic mass is 9.87. The molecule has 37 heavy (non-hydrogen) atoms. The normalized spacial score (nSPS) is 18.9. The van der Waals surface area contributed by atoms with Gasteiger partial charge in [0, 0.05) is 26.2 Å². The fourth-order valence-electron chi connectivity index (χ4n) is 5.12. The molecule has 2 aromatic heterocycles. The Balaban J connectivity index is 1.40. The number of hydrogen-bond acceptors (Lipinski definition) is 7. The van der Waals surface area contributed by atoms with E-state index < -0.39 is 15.9 Å². The number of carbonyl (C=O) groups is 1. The quantitative estimate of drug-likeness (QED) is 0.383. The first kappa shape index (κ1) is 26.8. The fourth-order valence-corrected chi connectivity index (χ4v) is 8.11. The van der Waals surface area contributed by atoms with Crippen LogP contribution >= 0.6 is 34.5 Å². The van der Waals surface area contributed by atoms with E-state index in [1.54, 1.807) is 30.3 Å². The van der Waals surface area contributed by atoms with Crippen molar-refractivity contribution in [3.05, 3.63) is 46.1 Å². The summed E-state index contributed by atoms with van der Waals surface area (Å²) in [5, 5.41) is 3.91. The lowest BCUT2D eigenvalue weighted by Gasteiger charge is -2.31. The van der Waals surface area contributed by atoms with E-state index in [9.17, 15) is 13.2 Å². The number of hydrogen-bond donors (Lipinski definition) is 1. The Hall–Kier alpha value is -1.82. The standard InChI is InChI=1S/C25H29Cl2N5O3S2/c1-31-10-12-32(13-11-31)37(34,35)21-8-6-17(15-19(21)26)18(14-16-4-2-3-5-16)23(33)30-25-28-20-7-9-22(27)29-24(20)36-25/h6-9,15-16,18H,2-5,10-14H2,1H3,(H,28,30,33). The smallest absolute Gasteiger partial charge is 0.244 e. The molecular weight excluding hydrogens is 553 g/mol. The molecule has 1 saturated heterocycles. The second-order valence-corrected chi connectivity index (χ2v) is 13.5. The van der Waals surface area contributed by atoms with Crippen LogP contribution in [-0.4, -0.2) is 66.7 Å². The molecule has 1 N–H and O–H groups in total. The van der Waals surface area contributed by atoms with Crippen LogP contribution in [0, 0.1) is 5.92 Å². The molecule has 3 aromatic rings. The molecular formula is C25H29Cl2N5O3S2. The van der Waals surface area contributed by atoms with E-state index in [1.165, 1.54) is 15.6 Å². The van der Waals surface area contributed by atoms with E-state index in [0.29, 0.717) is 64.7 Å². The van der Waals surface area contributed by atoms with Crippen molar-refractivity contribution >= 4 is 65.9 Å². The number of amides is 1. The monoisotopic (exact) mass is 581 g/mol. The molecule has 1 unspecified atom stereocenters. The number of fused-ring (bicyclic) bond motifs is 1. The van der Waals surface area contributed by atoms with Crippen LogP contribution in [0.25, 0.3) is 10.3 Å². The minimum Gasteiger partial charge on any atom is -0.304 e. The number of anilines is 1. The van der Waals surface area contributed by atoms with Gasteiger partial charge in [-0.25, -0.2) is 18.4 Å². The summed E-state index contributed by atoms with van der Waals surface area (Å²) in [7, 11) is -1.75. The summed E-state index contributed by atoms with van der Waals surface area (Å²) in [6.45, 7) is 2.19. The highest BCUT2D eigenvalue weighted by Crippen LogP contribution is 2.37. The van der Waals surface area contributed by atoms with Crippen LogP contribution < -0.4 is 5.32 Å². The predicted octanol–water partition coefficient (Wildman–Crippen LogP) is 5.24. The van der Waals surface area contributed by atoms with E-state index in [2.05, 4.69) is 20.2 Å². The maximum absolute atomic E-state index is 13.6. The Morgan fingerprint density at radius 2 is 1.84 bits per heavy atom. The molecule has 1 aromatic carbocycles. The van der Waals surface area contributed by atoms with Gasteiger partial charge in [0.2, 0.25) is 15.9 Å². The van der Waals surface area contributed by atoms with Crippen LogP contribution in [-0.2, 0) is 14.8 Å². The van der Waals surface area contributed by atoms with Crippen LogP contribution in [0.15, 0.2) is 35.2 Å². The average molecular weight is 583 g/mol. The number of carbonyl (C=O) groups excluding carboxylic acids is 1. The minimum atomic E-state index is -3.72. The van der Waals surface area contributed by atoms with Crippen molar-refractivity contribution < 1.29 is 13.2 Å². The van der Waals surface area contributed by atoms with Gasteiger partial charge in [0.25, 0.3) is 0 Å². The number of pyridine rings is 1. The minimum absolute atomic E-state index is 0.0802. The zero-order valence-corrected chi connectivity index (χ0v) is 23.6. The summed E-state index contributed by atoms with van der Waals surface area (Å²) in [5.41, 5.74) is 1.37. The summed E-state index contributed by atoms with van der Waals surface area (Å²) >= 11 is 13.8. The third-order valence-electron chi connectivity index (χ3n) is 7.25. The number of benzene rings is 1. The Labute approximate surface area is 231 Å². The first-order valence-electron chi connectivity index (χ1n) is 12.4. The van der Waals surface area contributed by atoms with Crippen molar-refractivity contribution in [3.8, 4) is 0 Å². The van der Waals surface area contributed by atoms with E-state index >= 15 is 0 Å². The van der Waals surface area contributed by atoms with E-state index in [-0.39, 0.29) is 15.8 Å². The predicted molar refractivity (Wildman–Crippen MR) is 148 cm³/mol. The third kappa shape index (κ3) is 5.94. The van der Waals surface area contributed by atoms with Crippen LogP contribution in [0.2, 0.25) is 10.2 Å². The summed E-state index contributed by atoms with van der Waals surface area (Å²) in [6, 6.07) is 8.35. The van der Waals surface area contributed by atoms with Crippen molar-refractivity contribution in [1.82, 2.24) is 19.2 Å². The maximum atomic E-state index is 13.6. The Bertz CT molecular complexity index is 1400. The second kappa shape index (κ2) is 11.1. The van der Waals surface area contributed by atoms with Crippen molar-refractivity contribution in [1.29, 1.82) is 0 Å². The molecule has 2 fully saturated rings. The van der Waals surface area contributed by atoms with E-state index in [4.69, 9.17) is 23.2 Å². The molecule has 2 aliphatic rings. The van der Waals surface area contributed by atoms with Gasteiger partial charge in [-0.05, 0) is 49.2 Å². The number of sulfonamides is 1. The molecule has 3 heterocycles. The number of nitrogens with one attached hydrogen (secondary N) is 1. The number of piperazine rings is 1. The lowest BCUT2D eigenvalue weighted by Crippen LogP contribution is -2.47. The molecule has 1 aliphatic heterocycles. The maximum Gasteiger partial charge on any atom is 0.244 e. The summed E-state index contributed by atoms with van der Waals surface area (Å²) < 4.78 is 28.0. The Morgan fingerprint density at radius 3 is 2.54 bits per heavy atom. The van der Waals surface area contributed by atoms with Gasteiger partial charge in [-0.15, -0.1) is 0 Å². The molecule has 8 nitrogen and oxygen atoms in total. The Morgan fingerprint density at radius 1 is 1.11 bits per heavy atom. The number of halogens is 2. The first-order valence-corrected chi connectivity index (χ1v) is 15.4. The highest BCUT2D eigenvalue weighted by molar-refractivity contribution is 7.89. The molecule has 1 saturated carbocycles. The Kier molecular flexibility index (Phi) is 8.04. The third-order valence-corrected chi connectivity index (χ3v) is 10.7. The van der Waals surface area contributed by atoms with Crippen molar-refractivity contribution in [2.24, 2.45) is 5.92 Å². The van der Waals surface area contributed by atoms with Gasteiger partial charge < -0.3 is 10.2 Å². The van der Waals surface area contributed by atoms with Gasteiger partial charge in [0.15, 0.2) is 5.13 Å². The number of nitrogens with zero attached hydrogens (tertiary/aromatic N) is 4. The van der Waals surface area contributed by atoms with Crippen LogP contribution in [0.1, 0.15) is 43.6 Å². The largest absolute Gasteiger partial charge is 0.304 e. The molecule has 5 rings (SSSR count). The van der Waals surface area contributed by atoms with E-state index in [0.717, 1.165) is 25.7 Å². The average Bonchev–Trinajstić information content (AvgIpc) is 3.51. The molecule has 1 atom stereocenters. The number of aromatic nitrogens is 2. The summed E-state index contributed by atoms with van der Waals surface area (Å²) in [4.78, 5) is 25.1. The number of likely N-dealkylation sites (N-methyl/N-ethyl adjacent to an activating group) is 1. The molecule has 0 bridgehead atoms.